The summed E-state index contributed by atoms with van der Waals surface area (Å²) in [6, 6.07) is 15.6. The van der Waals surface area contributed by atoms with Gasteiger partial charge in [-0.25, -0.2) is 0 Å². The predicted molar refractivity (Wildman–Crippen MR) is 90.0 cm³/mol. The minimum atomic E-state index is 0.0466. The van der Waals surface area contributed by atoms with Crippen molar-refractivity contribution < 1.29 is 4.79 Å². The third kappa shape index (κ3) is 2.92. The summed E-state index contributed by atoms with van der Waals surface area (Å²) in [5.74, 6) is 0.478. The van der Waals surface area contributed by atoms with Gasteiger partial charge in [0.1, 0.15) is 0 Å². The molecule has 0 radical (unpaired) electrons. The summed E-state index contributed by atoms with van der Waals surface area (Å²) < 4.78 is 0. The molecule has 2 aromatic carbocycles. The maximum absolute atomic E-state index is 11.5. The van der Waals surface area contributed by atoms with Crippen LogP contribution in [0.1, 0.15) is 59.5 Å². The van der Waals surface area contributed by atoms with Crippen molar-refractivity contribution in [3.05, 3.63) is 70.3 Å². The molecule has 0 fully saturated rings. The Balaban J connectivity index is 2.02. The molecule has 0 unspecified atom stereocenters. The number of hydrogen-bond acceptors (Lipinski definition) is 1. The standard InChI is InChI=1S/C20H23NO/c1-13-4-7-16(8-5-13)17-10-11-20(21-15(3)22)18-9-6-14(2)12-19(17)18/h4-9,12,17,20H,10-11H2,1-3H3,(H,21,22)/t17-,20+/m0/s1. The molecule has 2 nitrogen and oxygen atoms in total. The maximum Gasteiger partial charge on any atom is 0.217 e. The second-order valence-corrected chi connectivity index (χ2v) is 6.43. The third-order valence-corrected chi connectivity index (χ3v) is 4.59. The van der Waals surface area contributed by atoms with Crippen molar-refractivity contribution in [2.24, 2.45) is 0 Å². The monoisotopic (exact) mass is 293 g/mol. The lowest BCUT2D eigenvalue weighted by Gasteiger charge is -2.32. The highest BCUT2D eigenvalue weighted by molar-refractivity contribution is 5.73. The van der Waals surface area contributed by atoms with E-state index in [0.717, 1.165) is 12.8 Å². The summed E-state index contributed by atoms with van der Waals surface area (Å²) in [5.41, 5.74) is 6.59. The first-order valence-electron chi connectivity index (χ1n) is 7.98. The number of aryl methyl sites for hydroxylation is 2. The van der Waals surface area contributed by atoms with Crippen molar-refractivity contribution in [2.75, 3.05) is 0 Å². The highest BCUT2D eigenvalue weighted by Crippen LogP contribution is 2.41. The molecular formula is C20H23NO. The van der Waals surface area contributed by atoms with Gasteiger partial charge in [0, 0.05) is 12.8 Å². The third-order valence-electron chi connectivity index (χ3n) is 4.59. The molecule has 1 aliphatic rings. The van der Waals surface area contributed by atoms with Gasteiger partial charge in [0.25, 0.3) is 0 Å². The van der Waals surface area contributed by atoms with Crippen LogP contribution in [0.25, 0.3) is 0 Å². The number of fused-ring (bicyclic) bond motifs is 1. The molecule has 1 N–H and O–H groups in total. The average Bonchev–Trinajstić information content (AvgIpc) is 2.48. The van der Waals surface area contributed by atoms with Gasteiger partial charge in [-0.2, -0.15) is 0 Å². The number of amides is 1. The minimum Gasteiger partial charge on any atom is -0.350 e. The number of nitrogens with one attached hydrogen (secondary N) is 1. The topological polar surface area (TPSA) is 29.1 Å². The fourth-order valence-corrected chi connectivity index (χ4v) is 3.50. The fraction of sp³-hybridized carbons (Fsp3) is 0.350. The molecule has 3 rings (SSSR count). The van der Waals surface area contributed by atoms with Crippen LogP contribution in [0, 0.1) is 13.8 Å². The Morgan fingerprint density at radius 2 is 1.64 bits per heavy atom. The fourth-order valence-electron chi connectivity index (χ4n) is 3.50. The Kier molecular flexibility index (Phi) is 4.02. The van der Waals surface area contributed by atoms with E-state index in [4.69, 9.17) is 0 Å². The summed E-state index contributed by atoms with van der Waals surface area (Å²) in [6.07, 6.45) is 2.07. The van der Waals surface area contributed by atoms with Gasteiger partial charge >= 0.3 is 0 Å². The highest BCUT2D eigenvalue weighted by Gasteiger charge is 2.28. The van der Waals surface area contributed by atoms with Gasteiger partial charge in [0.05, 0.1) is 6.04 Å². The van der Waals surface area contributed by atoms with Crippen LogP contribution >= 0.6 is 0 Å². The SMILES string of the molecule is CC(=O)N[C@@H]1CC[C@@H](c2ccc(C)cc2)c2cc(C)ccc21. The van der Waals surface area contributed by atoms with E-state index >= 15 is 0 Å². The van der Waals surface area contributed by atoms with Gasteiger partial charge in [0.15, 0.2) is 0 Å². The molecular weight excluding hydrogens is 270 g/mol. The van der Waals surface area contributed by atoms with Crippen molar-refractivity contribution in [1.29, 1.82) is 0 Å². The van der Waals surface area contributed by atoms with Gasteiger partial charge < -0.3 is 5.32 Å². The van der Waals surface area contributed by atoms with Crippen LogP contribution < -0.4 is 5.32 Å². The van der Waals surface area contributed by atoms with Gasteiger partial charge in [-0.3, -0.25) is 4.79 Å². The highest BCUT2D eigenvalue weighted by atomic mass is 16.1. The quantitative estimate of drug-likeness (QED) is 0.873. The molecule has 22 heavy (non-hydrogen) atoms. The summed E-state index contributed by atoms with van der Waals surface area (Å²) in [4.78, 5) is 11.5. The number of carbonyl (C=O) groups excluding carboxylic acids is 1. The van der Waals surface area contributed by atoms with Crippen molar-refractivity contribution in [2.45, 2.75) is 45.6 Å². The second kappa shape index (κ2) is 5.96. The Morgan fingerprint density at radius 3 is 2.32 bits per heavy atom. The molecule has 2 aromatic rings. The molecule has 0 bridgehead atoms. The molecule has 1 aliphatic carbocycles. The second-order valence-electron chi connectivity index (χ2n) is 6.43. The van der Waals surface area contributed by atoms with Crippen LogP contribution in [0.4, 0.5) is 0 Å². The smallest absolute Gasteiger partial charge is 0.217 e. The van der Waals surface area contributed by atoms with Crippen molar-refractivity contribution >= 4 is 5.91 Å². The summed E-state index contributed by atoms with van der Waals surface area (Å²) in [6.45, 7) is 5.85. The van der Waals surface area contributed by atoms with E-state index in [-0.39, 0.29) is 11.9 Å². The molecule has 114 valence electrons. The van der Waals surface area contributed by atoms with Gasteiger partial charge in [0.2, 0.25) is 5.91 Å². The maximum atomic E-state index is 11.5. The van der Waals surface area contributed by atoms with E-state index in [1.165, 1.54) is 27.8 Å². The molecule has 0 saturated heterocycles. The number of carbonyl (C=O) groups is 1. The van der Waals surface area contributed by atoms with E-state index in [2.05, 4.69) is 61.6 Å². The first kappa shape index (κ1) is 14.8. The normalized spacial score (nSPS) is 20.3. The Labute approximate surface area is 132 Å². The van der Waals surface area contributed by atoms with Crippen LogP contribution in [0.3, 0.4) is 0 Å². The largest absolute Gasteiger partial charge is 0.350 e. The van der Waals surface area contributed by atoms with E-state index < -0.39 is 0 Å². The van der Waals surface area contributed by atoms with Crippen molar-refractivity contribution in [3.63, 3.8) is 0 Å². The lowest BCUT2D eigenvalue weighted by Crippen LogP contribution is -2.30. The van der Waals surface area contributed by atoms with Crippen LogP contribution in [-0.4, -0.2) is 5.91 Å². The first-order valence-corrected chi connectivity index (χ1v) is 7.98. The number of rotatable bonds is 2. The van der Waals surface area contributed by atoms with E-state index in [1.54, 1.807) is 6.92 Å². The summed E-state index contributed by atoms with van der Waals surface area (Å²) in [7, 11) is 0. The molecule has 2 atom stereocenters. The van der Waals surface area contributed by atoms with E-state index in [9.17, 15) is 4.79 Å². The van der Waals surface area contributed by atoms with Gasteiger partial charge in [-0.1, -0.05) is 53.6 Å². The summed E-state index contributed by atoms with van der Waals surface area (Å²) in [5, 5.41) is 3.10. The molecule has 0 saturated carbocycles. The lowest BCUT2D eigenvalue weighted by atomic mass is 9.76. The molecule has 0 aromatic heterocycles. The molecule has 1 amide bonds. The van der Waals surface area contributed by atoms with Gasteiger partial charge in [-0.05, 0) is 43.4 Å². The molecule has 0 spiro atoms. The van der Waals surface area contributed by atoms with Gasteiger partial charge in [-0.15, -0.1) is 0 Å². The summed E-state index contributed by atoms with van der Waals surface area (Å²) >= 11 is 0. The zero-order valence-electron chi connectivity index (χ0n) is 13.5. The molecule has 0 heterocycles. The van der Waals surface area contributed by atoms with E-state index in [1.807, 2.05) is 0 Å². The average molecular weight is 293 g/mol. The molecule has 2 heteroatoms. The Hall–Kier alpha value is -2.09. The Bertz CT molecular complexity index is 687. The predicted octanol–water partition coefficient (Wildman–Crippen LogP) is 4.41. The van der Waals surface area contributed by atoms with Crippen LogP contribution in [-0.2, 0) is 4.79 Å². The first-order chi connectivity index (χ1) is 10.5. The Morgan fingerprint density at radius 1 is 0.955 bits per heavy atom. The molecule has 0 aliphatic heterocycles. The van der Waals surface area contributed by atoms with Crippen molar-refractivity contribution in [3.8, 4) is 0 Å². The van der Waals surface area contributed by atoms with Crippen LogP contribution in [0.2, 0.25) is 0 Å². The zero-order chi connectivity index (χ0) is 15.7. The number of hydrogen-bond donors (Lipinski definition) is 1. The van der Waals surface area contributed by atoms with Crippen LogP contribution in [0.15, 0.2) is 42.5 Å². The van der Waals surface area contributed by atoms with Crippen LogP contribution in [0.5, 0.6) is 0 Å². The van der Waals surface area contributed by atoms with Crippen molar-refractivity contribution in [1.82, 2.24) is 5.32 Å². The lowest BCUT2D eigenvalue weighted by molar-refractivity contribution is -0.119. The van der Waals surface area contributed by atoms with E-state index in [0.29, 0.717) is 5.92 Å². The minimum absolute atomic E-state index is 0.0466. The zero-order valence-corrected chi connectivity index (χ0v) is 13.5. The number of benzene rings is 2.